The number of amides is 1. The molecule has 1 aliphatic carbocycles. The molecule has 0 spiro atoms. The van der Waals surface area contributed by atoms with Crippen molar-refractivity contribution in [1.82, 2.24) is 4.90 Å². The third-order valence-electron chi connectivity index (χ3n) is 4.30. The van der Waals surface area contributed by atoms with Crippen molar-refractivity contribution in [1.29, 1.82) is 0 Å². The lowest BCUT2D eigenvalue weighted by Crippen LogP contribution is -2.42. The molecule has 0 radical (unpaired) electrons. The van der Waals surface area contributed by atoms with E-state index in [1.165, 1.54) is 12.8 Å². The highest BCUT2D eigenvalue weighted by molar-refractivity contribution is 5.79. The van der Waals surface area contributed by atoms with E-state index in [1.54, 1.807) is 0 Å². The van der Waals surface area contributed by atoms with Crippen LogP contribution >= 0.6 is 0 Å². The molecule has 18 heavy (non-hydrogen) atoms. The third-order valence-corrected chi connectivity index (χ3v) is 4.30. The first kappa shape index (κ1) is 13.4. The smallest absolute Gasteiger partial charge is 0.303 e. The molecule has 0 aromatic rings. The second-order valence-electron chi connectivity index (χ2n) is 5.71. The first-order valence-electron chi connectivity index (χ1n) is 7.17. The number of likely N-dealkylation sites (tertiary alicyclic amines) is 1. The molecule has 2 rings (SSSR count). The van der Waals surface area contributed by atoms with Crippen LogP contribution in [0.5, 0.6) is 0 Å². The zero-order valence-electron chi connectivity index (χ0n) is 10.9. The van der Waals surface area contributed by atoms with E-state index in [4.69, 9.17) is 5.11 Å². The highest BCUT2D eigenvalue weighted by atomic mass is 16.4. The first-order valence-corrected chi connectivity index (χ1v) is 7.17. The minimum absolute atomic E-state index is 0.232. The molecule has 2 aliphatic rings. The van der Waals surface area contributed by atoms with Gasteiger partial charge >= 0.3 is 5.97 Å². The highest BCUT2D eigenvalue weighted by Crippen LogP contribution is 2.29. The van der Waals surface area contributed by atoms with Crippen molar-refractivity contribution in [3.05, 3.63) is 0 Å². The maximum atomic E-state index is 12.3. The lowest BCUT2D eigenvalue weighted by atomic mass is 9.92. The molecule has 1 aliphatic heterocycles. The monoisotopic (exact) mass is 253 g/mol. The van der Waals surface area contributed by atoms with Crippen LogP contribution in [0.1, 0.15) is 51.4 Å². The van der Waals surface area contributed by atoms with Crippen LogP contribution in [0.2, 0.25) is 0 Å². The number of rotatable bonds is 4. The van der Waals surface area contributed by atoms with Gasteiger partial charge in [0, 0.05) is 25.4 Å². The average molecular weight is 253 g/mol. The molecule has 4 heteroatoms. The Morgan fingerprint density at radius 3 is 2.50 bits per heavy atom. The van der Waals surface area contributed by atoms with E-state index in [9.17, 15) is 9.59 Å². The first-order chi connectivity index (χ1) is 8.66. The predicted molar refractivity (Wildman–Crippen MR) is 68.1 cm³/mol. The van der Waals surface area contributed by atoms with Crippen LogP contribution < -0.4 is 0 Å². The normalized spacial score (nSPS) is 25.3. The summed E-state index contributed by atoms with van der Waals surface area (Å²) >= 11 is 0. The van der Waals surface area contributed by atoms with Gasteiger partial charge in [-0.3, -0.25) is 9.59 Å². The number of hydrogen-bond acceptors (Lipinski definition) is 2. The summed E-state index contributed by atoms with van der Waals surface area (Å²) in [5, 5.41) is 8.71. The molecule has 1 atom stereocenters. The van der Waals surface area contributed by atoms with E-state index >= 15 is 0 Å². The maximum absolute atomic E-state index is 12.3. The number of piperidine rings is 1. The van der Waals surface area contributed by atoms with E-state index in [0.717, 1.165) is 38.8 Å². The van der Waals surface area contributed by atoms with E-state index < -0.39 is 5.97 Å². The summed E-state index contributed by atoms with van der Waals surface area (Å²) in [5.74, 6) is 0.241. The zero-order valence-corrected chi connectivity index (χ0v) is 10.9. The van der Waals surface area contributed by atoms with Crippen LogP contribution in [-0.4, -0.2) is 35.0 Å². The fourth-order valence-corrected chi connectivity index (χ4v) is 3.26. The highest BCUT2D eigenvalue weighted by Gasteiger charge is 2.30. The van der Waals surface area contributed by atoms with Gasteiger partial charge in [-0.05, 0) is 38.0 Å². The molecular formula is C14H23NO3. The van der Waals surface area contributed by atoms with E-state index in [1.807, 2.05) is 4.90 Å². The Labute approximate surface area is 108 Å². The Bertz CT molecular complexity index is 310. The van der Waals surface area contributed by atoms with Crippen LogP contribution in [0.3, 0.4) is 0 Å². The summed E-state index contributed by atoms with van der Waals surface area (Å²) in [6.45, 7) is 1.65. The molecule has 1 unspecified atom stereocenters. The summed E-state index contributed by atoms with van der Waals surface area (Å²) in [5.41, 5.74) is 0. The van der Waals surface area contributed by atoms with Gasteiger partial charge in [-0.2, -0.15) is 0 Å². The van der Waals surface area contributed by atoms with Gasteiger partial charge < -0.3 is 10.0 Å². The van der Waals surface area contributed by atoms with Crippen LogP contribution in [-0.2, 0) is 9.59 Å². The number of hydrogen-bond donors (Lipinski definition) is 1. The summed E-state index contributed by atoms with van der Waals surface area (Å²) in [6, 6.07) is 0. The topological polar surface area (TPSA) is 57.6 Å². The number of nitrogens with zero attached hydrogens (tertiary/aromatic N) is 1. The minimum atomic E-state index is -0.728. The van der Waals surface area contributed by atoms with Crippen LogP contribution in [0.25, 0.3) is 0 Å². The molecule has 1 saturated carbocycles. The van der Waals surface area contributed by atoms with E-state index in [0.29, 0.717) is 18.2 Å². The Morgan fingerprint density at radius 1 is 1.11 bits per heavy atom. The van der Waals surface area contributed by atoms with Crippen LogP contribution in [0.15, 0.2) is 0 Å². The van der Waals surface area contributed by atoms with Gasteiger partial charge in [0.15, 0.2) is 0 Å². The Balaban J connectivity index is 1.81. The summed E-state index contributed by atoms with van der Waals surface area (Å²) < 4.78 is 0. The van der Waals surface area contributed by atoms with Gasteiger partial charge in [0.05, 0.1) is 0 Å². The number of carboxylic acids is 1. The van der Waals surface area contributed by atoms with Crippen molar-refractivity contribution in [3.63, 3.8) is 0 Å². The van der Waals surface area contributed by atoms with Gasteiger partial charge in [0.25, 0.3) is 0 Å². The van der Waals surface area contributed by atoms with Gasteiger partial charge in [0.2, 0.25) is 5.91 Å². The summed E-state index contributed by atoms with van der Waals surface area (Å²) in [7, 11) is 0. The third kappa shape index (κ3) is 3.47. The number of carboxylic acid groups (broad SMARTS) is 1. The Morgan fingerprint density at radius 2 is 1.83 bits per heavy atom. The summed E-state index contributed by atoms with van der Waals surface area (Å²) in [4.78, 5) is 24.9. The lowest BCUT2D eigenvalue weighted by molar-refractivity contribution is -0.138. The Hall–Kier alpha value is -1.06. The standard InChI is InChI=1S/C14H23NO3/c16-13(17)8-7-11-4-3-9-15(10-11)14(18)12-5-1-2-6-12/h11-12H,1-10H2,(H,16,17). The molecule has 4 nitrogen and oxygen atoms in total. The van der Waals surface area contributed by atoms with Crippen molar-refractivity contribution < 1.29 is 14.7 Å². The van der Waals surface area contributed by atoms with E-state index in [-0.39, 0.29) is 12.3 Å². The molecule has 1 heterocycles. The van der Waals surface area contributed by atoms with Gasteiger partial charge in [-0.25, -0.2) is 0 Å². The molecule has 2 fully saturated rings. The molecular weight excluding hydrogens is 230 g/mol. The van der Waals surface area contributed by atoms with Crippen LogP contribution in [0.4, 0.5) is 0 Å². The van der Waals surface area contributed by atoms with Crippen molar-refractivity contribution in [3.8, 4) is 0 Å². The molecule has 0 aromatic heterocycles. The molecule has 0 aromatic carbocycles. The van der Waals surface area contributed by atoms with Crippen LogP contribution in [0, 0.1) is 11.8 Å². The van der Waals surface area contributed by atoms with Crippen molar-refractivity contribution >= 4 is 11.9 Å². The van der Waals surface area contributed by atoms with Crippen molar-refractivity contribution in [2.45, 2.75) is 51.4 Å². The van der Waals surface area contributed by atoms with Gasteiger partial charge in [0.1, 0.15) is 0 Å². The fourth-order valence-electron chi connectivity index (χ4n) is 3.26. The second-order valence-corrected chi connectivity index (χ2v) is 5.71. The lowest BCUT2D eigenvalue weighted by Gasteiger charge is -2.34. The molecule has 102 valence electrons. The summed E-state index contributed by atoms with van der Waals surface area (Å²) in [6.07, 6.45) is 7.52. The molecule has 1 amide bonds. The SMILES string of the molecule is O=C(O)CCC1CCCN(C(=O)C2CCCC2)C1. The predicted octanol–water partition coefficient (Wildman–Crippen LogP) is 2.28. The second kappa shape index (κ2) is 6.21. The molecule has 1 saturated heterocycles. The zero-order chi connectivity index (χ0) is 13.0. The number of carbonyl (C=O) groups is 2. The molecule has 1 N–H and O–H groups in total. The quantitative estimate of drug-likeness (QED) is 0.836. The Kier molecular flexibility index (Phi) is 4.61. The number of carbonyl (C=O) groups excluding carboxylic acids is 1. The molecule has 0 bridgehead atoms. The van der Waals surface area contributed by atoms with Crippen molar-refractivity contribution in [2.24, 2.45) is 11.8 Å². The maximum Gasteiger partial charge on any atom is 0.303 e. The van der Waals surface area contributed by atoms with Gasteiger partial charge in [-0.1, -0.05) is 12.8 Å². The van der Waals surface area contributed by atoms with E-state index in [2.05, 4.69) is 0 Å². The van der Waals surface area contributed by atoms with Crippen molar-refractivity contribution in [2.75, 3.05) is 13.1 Å². The number of aliphatic carboxylic acids is 1. The average Bonchev–Trinajstić information content (AvgIpc) is 2.89. The fraction of sp³-hybridized carbons (Fsp3) is 0.857. The largest absolute Gasteiger partial charge is 0.481 e. The van der Waals surface area contributed by atoms with Gasteiger partial charge in [-0.15, -0.1) is 0 Å². The minimum Gasteiger partial charge on any atom is -0.481 e.